The third-order valence-corrected chi connectivity index (χ3v) is 4.34. The first-order valence-electron chi connectivity index (χ1n) is 7.91. The van der Waals surface area contributed by atoms with Gasteiger partial charge in [0.15, 0.2) is 5.78 Å². The molecule has 0 N–H and O–H groups in total. The SMILES string of the molecule is CC(=O)c1cn(C)c2cc3c(cc12)CN(CCOC(C)C)C3. The number of benzene rings is 1. The lowest BCUT2D eigenvalue weighted by molar-refractivity contribution is 0.0584. The minimum Gasteiger partial charge on any atom is -0.377 e. The number of nitrogens with zero attached hydrogens (tertiary/aromatic N) is 2. The van der Waals surface area contributed by atoms with Crippen LogP contribution in [0.25, 0.3) is 10.9 Å². The van der Waals surface area contributed by atoms with Crippen LogP contribution >= 0.6 is 0 Å². The average Bonchev–Trinajstić information content (AvgIpc) is 2.97. The van der Waals surface area contributed by atoms with E-state index >= 15 is 0 Å². The summed E-state index contributed by atoms with van der Waals surface area (Å²) in [5.74, 6) is 0.130. The van der Waals surface area contributed by atoms with Crippen molar-refractivity contribution in [3.8, 4) is 0 Å². The van der Waals surface area contributed by atoms with E-state index in [4.69, 9.17) is 4.74 Å². The minimum absolute atomic E-state index is 0.130. The Hall–Kier alpha value is -1.65. The second kappa shape index (κ2) is 5.86. The third-order valence-electron chi connectivity index (χ3n) is 4.34. The van der Waals surface area contributed by atoms with Gasteiger partial charge in [0.25, 0.3) is 0 Å². The van der Waals surface area contributed by atoms with Crippen LogP contribution < -0.4 is 0 Å². The number of hydrogen-bond donors (Lipinski definition) is 0. The fraction of sp³-hybridized carbons (Fsp3) is 0.500. The van der Waals surface area contributed by atoms with E-state index in [1.807, 2.05) is 13.2 Å². The van der Waals surface area contributed by atoms with E-state index in [1.54, 1.807) is 6.92 Å². The molecule has 0 saturated heterocycles. The van der Waals surface area contributed by atoms with Crippen molar-refractivity contribution in [3.05, 3.63) is 35.0 Å². The number of hydrogen-bond acceptors (Lipinski definition) is 3. The van der Waals surface area contributed by atoms with Crippen molar-refractivity contribution in [2.24, 2.45) is 7.05 Å². The second-order valence-corrected chi connectivity index (χ2v) is 6.48. The third kappa shape index (κ3) is 2.81. The first-order chi connectivity index (χ1) is 10.5. The molecule has 1 aromatic carbocycles. The van der Waals surface area contributed by atoms with E-state index in [-0.39, 0.29) is 11.9 Å². The summed E-state index contributed by atoms with van der Waals surface area (Å²) >= 11 is 0. The van der Waals surface area contributed by atoms with Crippen molar-refractivity contribution in [3.63, 3.8) is 0 Å². The molecule has 2 aromatic rings. The van der Waals surface area contributed by atoms with Crippen LogP contribution in [0, 0.1) is 0 Å². The summed E-state index contributed by atoms with van der Waals surface area (Å²) in [5, 5.41) is 1.08. The molecule has 0 fully saturated rings. The van der Waals surface area contributed by atoms with Gasteiger partial charge in [0, 0.05) is 49.3 Å². The molecule has 118 valence electrons. The van der Waals surface area contributed by atoms with Crippen molar-refractivity contribution in [1.29, 1.82) is 0 Å². The predicted molar refractivity (Wildman–Crippen MR) is 88.1 cm³/mol. The molecule has 3 rings (SSSR count). The lowest BCUT2D eigenvalue weighted by Crippen LogP contribution is -2.23. The molecule has 1 aliphatic rings. The molecular formula is C18H24N2O2. The molecule has 0 atom stereocenters. The topological polar surface area (TPSA) is 34.5 Å². The molecule has 0 amide bonds. The van der Waals surface area contributed by atoms with Gasteiger partial charge in [-0.15, -0.1) is 0 Å². The van der Waals surface area contributed by atoms with Crippen LogP contribution in [0.3, 0.4) is 0 Å². The molecule has 0 spiro atoms. The molecule has 22 heavy (non-hydrogen) atoms. The van der Waals surface area contributed by atoms with E-state index in [0.717, 1.165) is 42.7 Å². The normalized spacial score (nSPS) is 15.0. The highest BCUT2D eigenvalue weighted by atomic mass is 16.5. The van der Waals surface area contributed by atoms with Gasteiger partial charge in [0.1, 0.15) is 0 Å². The van der Waals surface area contributed by atoms with Gasteiger partial charge in [-0.1, -0.05) is 0 Å². The van der Waals surface area contributed by atoms with Gasteiger partial charge < -0.3 is 9.30 Å². The van der Waals surface area contributed by atoms with Gasteiger partial charge in [0.05, 0.1) is 12.7 Å². The number of Topliss-reactive ketones (excluding diaryl/α,β-unsaturated/α-hetero) is 1. The molecular weight excluding hydrogens is 276 g/mol. The molecule has 0 unspecified atom stereocenters. The molecule has 1 aromatic heterocycles. The molecule has 0 saturated carbocycles. The maximum Gasteiger partial charge on any atom is 0.161 e. The number of ether oxygens (including phenoxy) is 1. The second-order valence-electron chi connectivity index (χ2n) is 6.48. The summed E-state index contributed by atoms with van der Waals surface area (Å²) in [7, 11) is 2.00. The largest absolute Gasteiger partial charge is 0.377 e. The lowest BCUT2D eigenvalue weighted by atomic mass is 10.0. The van der Waals surface area contributed by atoms with Gasteiger partial charge in [-0.25, -0.2) is 0 Å². The van der Waals surface area contributed by atoms with Crippen LogP contribution in [0.5, 0.6) is 0 Å². The van der Waals surface area contributed by atoms with Gasteiger partial charge in [-0.2, -0.15) is 0 Å². The molecule has 0 radical (unpaired) electrons. The monoisotopic (exact) mass is 300 g/mol. The number of carbonyl (C=O) groups is 1. The maximum atomic E-state index is 11.8. The number of aromatic nitrogens is 1. The lowest BCUT2D eigenvalue weighted by Gasteiger charge is -2.15. The van der Waals surface area contributed by atoms with Crippen molar-refractivity contribution in [1.82, 2.24) is 9.47 Å². The summed E-state index contributed by atoms with van der Waals surface area (Å²) in [6, 6.07) is 4.44. The quantitative estimate of drug-likeness (QED) is 0.796. The van der Waals surface area contributed by atoms with Crippen molar-refractivity contribution >= 4 is 16.7 Å². The van der Waals surface area contributed by atoms with Gasteiger partial charge in [0.2, 0.25) is 0 Å². The number of ketones is 1. The van der Waals surface area contributed by atoms with Crippen LogP contribution in [0.15, 0.2) is 18.3 Å². The smallest absolute Gasteiger partial charge is 0.161 e. The zero-order chi connectivity index (χ0) is 15.9. The number of carbonyl (C=O) groups excluding carboxylic acids is 1. The highest BCUT2D eigenvalue weighted by Gasteiger charge is 2.21. The number of rotatable bonds is 5. The summed E-state index contributed by atoms with van der Waals surface area (Å²) in [6.45, 7) is 9.39. The Morgan fingerprint density at radius 2 is 1.95 bits per heavy atom. The van der Waals surface area contributed by atoms with Crippen molar-refractivity contribution in [2.75, 3.05) is 13.2 Å². The van der Waals surface area contributed by atoms with Crippen LogP contribution in [-0.4, -0.2) is 34.5 Å². The highest BCUT2D eigenvalue weighted by Crippen LogP contribution is 2.30. The van der Waals surface area contributed by atoms with E-state index in [0.29, 0.717) is 0 Å². The Morgan fingerprint density at radius 3 is 2.59 bits per heavy atom. The Bertz CT molecular complexity index is 715. The molecule has 2 heterocycles. The molecule has 4 heteroatoms. The minimum atomic E-state index is 0.130. The maximum absolute atomic E-state index is 11.8. The van der Waals surface area contributed by atoms with Crippen LogP contribution in [0.4, 0.5) is 0 Å². The Labute approximate surface area is 131 Å². The first-order valence-corrected chi connectivity index (χ1v) is 7.91. The molecule has 0 aliphatic carbocycles. The standard InChI is InChI=1S/C18H24N2O2/c1-12(2)22-6-5-20-9-14-7-16-17(13(3)21)11-19(4)18(16)8-15(14)10-20/h7-8,11-12H,5-6,9-10H2,1-4H3. The fourth-order valence-electron chi connectivity index (χ4n) is 3.20. The Balaban J connectivity index is 1.83. The van der Waals surface area contributed by atoms with Crippen LogP contribution in [-0.2, 0) is 24.9 Å². The van der Waals surface area contributed by atoms with E-state index in [1.165, 1.54) is 11.1 Å². The fourth-order valence-corrected chi connectivity index (χ4v) is 3.20. The number of fused-ring (bicyclic) bond motifs is 2. The van der Waals surface area contributed by atoms with Crippen LogP contribution in [0.2, 0.25) is 0 Å². The molecule has 4 nitrogen and oxygen atoms in total. The van der Waals surface area contributed by atoms with Crippen molar-refractivity contribution in [2.45, 2.75) is 40.0 Å². The summed E-state index contributed by atoms with van der Waals surface area (Å²) in [6.07, 6.45) is 2.22. The average molecular weight is 300 g/mol. The Kier molecular flexibility index (Phi) is 4.06. The molecule has 1 aliphatic heterocycles. The number of aryl methyl sites for hydroxylation is 1. The first kappa shape index (κ1) is 15.3. The highest BCUT2D eigenvalue weighted by molar-refractivity contribution is 6.07. The van der Waals surface area contributed by atoms with Crippen molar-refractivity contribution < 1.29 is 9.53 Å². The molecule has 0 bridgehead atoms. The van der Waals surface area contributed by atoms with E-state index in [9.17, 15) is 4.79 Å². The van der Waals surface area contributed by atoms with Crippen LogP contribution in [0.1, 0.15) is 42.3 Å². The summed E-state index contributed by atoms with van der Waals surface area (Å²) in [4.78, 5) is 14.2. The predicted octanol–water partition coefficient (Wildman–Crippen LogP) is 3.12. The van der Waals surface area contributed by atoms with Gasteiger partial charge in [-0.3, -0.25) is 9.69 Å². The van der Waals surface area contributed by atoms with E-state index < -0.39 is 0 Å². The van der Waals surface area contributed by atoms with E-state index in [2.05, 4.69) is 35.4 Å². The van der Waals surface area contributed by atoms with Gasteiger partial charge >= 0.3 is 0 Å². The summed E-state index contributed by atoms with van der Waals surface area (Å²) in [5.41, 5.74) is 4.67. The zero-order valence-electron chi connectivity index (χ0n) is 13.8. The summed E-state index contributed by atoms with van der Waals surface area (Å²) < 4.78 is 7.70. The Morgan fingerprint density at radius 1 is 1.27 bits per heavy atom. The van der Waals surface area contributed by atoms with Gasteiger partial charge in [-0.05, 0) is 44.0 Å². The zero-order valence-corrected chi connectivity index (χ0v) is 13.8.